The second kappa shape index (κ2) is 7.60. The van der Waals surface area contributed by atoms with E-state index >= 15 is 0 Å². The lowest BCUT2D eigenvalue weighted by molar-refractivity contribution is -0.114. The van der Waals surface area contributed by atoms with Gasteiger partial charge in [-0.05, 0) is 18.2 Å². The van der Waals surface area contributed by atoms with Crippen molar-refractivity contribution in [3.63, 3.8) is 0 Å². The summed E-state index contributed by atoms with van der Waals surface area (Å²) in [6, 6.07) is 4.47. The third-order valence-electron chi connectivity index (χ3n) is 4.05. The number of nitrogens with one attached hydrogen (secondary N) is 1. The summed E-state index contributed by atoms with van der Waals surface area (Å²) in [7, 11) is -2.19. The number of anilines is 2. The largest absolute Gasteiger partial charge is 0.495 e. The maximum Gasteiger partial charge on any atom is 0.243 e. The first-order chi connectivity index (χ1) is 12.4. The molecule has 1 aromatic carbocycles. The predicted octanol–water partition coefficient (Wildman–Crippen LogP) is 1.62. The molecule has 2 heterocycles. The minimum Gasteiger partial charge on any atom is -0.495 e. The van der Waals surface area contributed by atoms with E-state index in [1.54, 1.807) is 12.3 Å². The van der Waals surface area contributed by atoms with Gasteiger partial charge in [-0.3, -0.25) is 4.79 Å². The zero-order valence-electron chi connectivity index (χ0n) is 14.5. The minimum atomic E-state index is -3.65. The number of piperazine rings is 1. The molecular formula is C16H20N4O4S2. The normalized spacial score (nSPS) is 15.7. The third-order valence-corrected chi connectivity index (χ3v) is 6.77. The molecule has 0 saturated carbocycles. The molecule has 26 heavy (non-hydrogen) atoms. The Morgan fingerprint density at radius 2 is 2.00 bits per heavy atom. The summed E-state index contributed by atoms with van der Waals surface area (Å²) in [5, 5.41) is 5.41. The maximum atomic E-state index is 13.0. The third kappa shape index (κ3) is 3.81. The zero-order valence-corrected chi connectivity index (χ0v) is 16.1. The molecular weight excluding hydrogens is 376 g/mol. The smallest absolute Gasteiger partial charge is 0.243 e. The van der Waals surface area contributed by atoms with Crippen LogP contribution >= 0.6 is 11.3 Å². The average Bonchev–Trinajstić information content (AvgIpc) is 3.16. The van der Waals surface area contributed by atoms with Crippen molar-refractivity contribution >= 4 is 38.1 Å². The standard InChI is InChI=1S/C16H20N4O4S2/c1-12(21)18-14-11-13(3-4-15(14)24-2)26(22,23)20-8-6-19(7-9-20)16-17-5-10-25-16/h3-5,10-11H,6-9H2,1-2H3,(H,18,21). The van der Waals surface area contributed by atoms with Crippen LogP contribution in [0.4, 0.5) is 10.8 Å². The SMILES string of the molecule is COc1ccc(S(=O)(=O)N2CCN(c3nccs3)CC2)cc1NC(C)=O. The van der Waals surface area contributed by atoms with Gasteiger partial charge in [0.15, 0.2) is 5.13 Å². The monoisotopic (exact) mass is 396 g/mol. The number of hydrogen-bond acceptors (Lipinski definition) is 7. The van der Waals surface area contributed by atoms with Crippen molar-refractivity contribution in [3.8, 4) is 5.75 Å². The lowest BCUT2D eigenvalue weighted by Crippen LogP contribution is -2.48. The summed E-state index contributed by atoms with van der Waals surface area (Å²) in [6.07, 6.45) is 1.74. The van der Waals surface area contributed by atoms with Crippen molar-refractivity contribution in [2.45, 2.75) is 11.8 Å². The number of hydrogen-bond donors (Lipinski definition) is 1. The number of methoxy groups -OCH3 is 1. The van der Waals surface area contributed by atoms with E-state index in [1.807, 2.05) is 5.38 Å². The van der Waals surface area contributed by atoms with E-state index < -0.39 is 10.0 Å². The minimum absolute atomic E-state index is 0.129. The van der Waals surface area contributed by atoms with Crippen molar-refractivity contribution < 1.29 is 17.9 Å². The Morgan fingerprint density at radius 1 is 1.27 bits per heavy atom. The highest BCUT2D eigenvalue weighted by molar-refractivity contribution is 7.89. The number of carbonyl (C=O) groups is 1. The highest BCUT2D eigenvalue weighted by atomic mass is 32.2. The fourth-order valence-corrected chi connectivity index (χ4v) is 4.92. The maximum absolute atomic E-state index is 13.0. The van der Waals surface area contributed by atoms with E-state index in [4.69, 9.17) is 4.74 Å². The molecule has 1 N–H and O–H groups in total. The van der Waals surface area contributed by atoms with Crippen LogP contribution in [0.5, 0.6) is 5.75 Å². The molecule has 1 fully saturated rings. The Labute approximate surface area is 156 Å². The Kier molecular flexibility index (Phi) is 5.44. The highest BCUT2D eigenvalue weighted by Crippen LogP contribution is 2.29. The number of nitrogens with zero attached hydrogens (tertiary/aromatic N) is 3. The van der Waals surface area contributed by atoms with Crippen LogP contribution in [-0.4, -0.2) is 56.9 Å². The molecule has 0 atom stereocenters. The Hall–Kier alpha value is -2.17. The van der Waals surface area contributed by atoms with Gasteiger partial charge in [0, 0.05) is 44.7 Å². The number of rotatable bonds is 5. The Morgan fingerprint density at radius 3 is 2.58 bits per heavy atom. The number of sulfonamides is 1. The molecule has 0 unspecified atom stereocenters. The fraction of sp³-hybridized carbons (Fsp3) is 0.375. The molecule has 0 spiro atoms. The Balaban J connectivity index is 1.79. The number of carbonyl (C=O) groups excluding carboxylic acids is 1. The van der Waals surface area contributed by atoms with Gasteiger partial charge in [-0.2, -0.15) is 4.31 Å². The zero-order chi connectivity index (χ0) is 18.7. The summed E-state index contributed by atoms with van der Waals surface area (Å²) < 4.78 is 32.6. The number of thiazole rings is 1. The van der Waals surface area contributed by atoms with E-state index in [9.17, 15) is 13.2 Å². The van der Waals surface area contributed by atoms with E-state index in [1.165, 1.54) is 41.8 Å². The summed E-state index contributed by atoms with van der Waals surface area (Å²) >= 11 is 1.54. The van der Waals surface area contributed by atoms with Crippen LogP contribution in [-0.2, 0) is 14.8 Å². The van der Waals surface area contributed by atoms with Crippen LogP contribution in [0.1, 0.15) is 6.92 Å². The Bertz CT molecular complexity index is 876. The quantitative estimate of drug-likeness (QED) is 0.826. The van der Waals surface area contributed by atoms with Gasteiger partial charge in [-0.15, -0.1) is 11.3 Å². The number of aromatic nitrogens is 1. The van der Waals surface area contributed by atoms with Crippen LogP contribution in [0.3, 0.4) is 0 Å². The first-order valence-corrected chi connectivity index (χ1v) is 10.3. The van der Waals surface area contributed by atoms with Crippen LogP contribution in [0.2, 0.25) is 0 Å². The molecule has 1 aromatic heterocycles. The van der Waals surface area contributed by atoms with Crippen LogP contribution < -0.4 is 15.0 Å². The lowest BCUT2D eigenvalue weighted by Gasteiger charge is -2.33. The molecule has 0 radical (unpaired) electrons. The highest BCUT2D eigenvalue weighted by Gasteiger charge is 2.29. The molecule has 1 aliphatic rings. The number of ether oxygens (including phenoxy) is 1. The van der Waals surface area contributed by atoms with E-state index in [0.29, 0.717) is 37.6 Å². The van der Waals surface area contributed by atoms with Gasteiger partial charge in [0.2, 0.25) is 15.9 Å². The number of benzene rings is 1. The number of amides is 1. The van der Waals surface area contributed by atoms with Gasteiger partial charge in [-0.25, -0.2) is 13.4 Å². The topological polar surface area (TPSA) is 91.8 Å². The van der Waals surface area contributed by atoms with Crippen molar-refractivity contribution in [3.05, 3.63) is 29.8 Å². The van der Waals surface area contributed by atoms with E-state index in [-0.39, 0.29) is 10.8 Å². The molecule has 10 heteroatoms. The molecule has 8 nitrogen and oxygen atoms in total. The van der Waals surface area contributed by atoms with Gasteiger partial charge >= 0.3 is 0 Å². The van der Waals surface area contributed by atoms with E-state index in [2.05, 4.69) is 15.2 Å². The molecule has 1 saturated heterocycles. The van der Waals surface area contributed by atoms with Gasteiger partial charge in [0.25, 0.3) is 0 Å². The molecule has 0 bridgehead atoms. The summed E-state index contributed by atoms with van der Waals surface area (Å²) in [5.74, 6) is 0.114. The van der Waals surface area contributed by atoms with Crippen molar-refractivity contribution in [2.24, 2.45) is 0 Å². The summed E-state index contributed by atoms with van der Waals surface area (Å²) in [4.78, 5) is 17.8. The van der Waals surface area contributed by atoms with Gasteiger partial charge in [0.05, 0.1) is 17.7 Å². The van der Waals surface area contributed by atoms with Crippen molar-refractivity contribution in [2.75, 3.05) is 43.5 Å². The van der Waals surface area contributed by atoms with Crippen molar-refractivity contribution in [1.82, 2.24) is 9.29 Å². The summed E-state index contributed by atoms with van der Waals surface area (Å²) in [5.41, 5.74) is 0.336. The molecule has 1 amide bonds. The second-order valence-electron chi connectivity index (χ2n) is 5.75. The van der Waals surface area contributed by atoms with Gasteiger partial charge < -0.3 is 15.0 Å². The second-order valence-corrected chi connectivity index (χ2v) is 8.56. The summed E-state index contributed by atoms with van der Waals surface area (Å²) in [6.45, 7) is 3.29. The van der Waals surface area contributed by atoms with Gasteiger partial charge in [-0.1, -0.05) is 0 Å². The first kappa shape index (κ1) is 18.6. The molecule has 3 rings (SSSR count). The molecule has 140 valence electrons. The molecule has 0 aliphatic carbocycles. The average molecular weight is 396 g/mol. The van der Waals surface area contributed by atoms with Crippen LogP contribution in [0.15, 0.2) is 34.7 Å². The fourth-order valence-electron chi connectivity index (χ4n) is 2.78. The molecule has 2 aromatic rings. The lowest BCUT2D eigenvalue weighted by atomic mass is 10.3. The predicted molar refractivity (Wildman–Crippen MR) is 100 cm³/mol. The molecule has 1 aliphatic heterocycles. The van der Waals surface area contributed by atoms with Crippen LogP contribution in [0.25, 0.3) is 0 Å². The van der Waals surface area contributed by atoms with Gasteiger partial charge in [0.1, 0.15) is 5.75 Å². The van der Waals surface area contributed by atoms with Crippen LogP contribution in [0, 0.1) is 0 Å². The van der Waals surface area contributed by atoms with Crippen molar-refractivity contribution in [1.29, 1.82) is 0 Å². The van der Waals surface area contributed by atoms with E-state index in [0.717, 1.165) is 5.13 Å². The first-order valence-electron chi connectivity index (χ1n) is 8.02.